The molecule has 0 saturated carbocycles. The summed E-state index contributed by atoms with van der Waals surface area (Å²) in [6.45, 7) is 1.96. The highest BCUT2D eigenvalue weighted by Crippen LogP contribution is 2.31. The van der Waals surface area contributed by atoms with E-state index >= 15 is 0 Å². The number of aryl methyl sites for hydroxylation is 1. The summed E-state index contributed by atoms with van der Waals surface area (Å²) in [5.74, 6) is 0.00483. The van der Waals surface area contributed by atoms with Gasteiger partial charge in [-0.3, -0.25) is 0 Å². The fourth-order valence-electron chi connectivity index (χ4n) is 2.31. The van der Waals surface area contributed by atoms with Crippen LogP contribution < -0.4 is 5.63 Å². The lowest BCUT2D eigenvalue weighted by molar-refractivity contribution is 0.473. The van der Waals surface area contributed by atoms with Gasteiger partial charge >= 0.3 is 5.63 Å². The minimum Gasteiger partial charge on any atom is -0.508 e. The summed E-state index contributed by atoms with van der Waals surface area (Å²) >= 11 is 0. The maximum absolute atomic E-state index is 12.0. The van der Waals surface area contributed by atoms with Crippen molar-refractivity contribution in [2.45, 2.75) is 6.92 Å². The van der Waals surface area contributed by atoms with E-state index in [1.165, 1.54) is 12.1 Å². The van der Waals surface area contributed by atoms with Crippen LogP contribution in [0.2, 0.25) is 0 Å². The minimum atomic E-state index is -0.703. The second-order valence-electron chi connectivity index (χ2n) is 4.80. The first-order chi connectivity index (χ1) is 10.1. The number of phenolic OH excluding ortho intramolecular Hbond substituents is 1. The van der Waals surface area contributed by atoms with Crippen LogP contribution >= 0.6 is 0 Å². The Hall–Kier alpha value is -3.06. The van der Waals surface area contributed by atoms with Gasteiger partial charge in [0.2, 0.25) is 0 Å². The summed E-state index contributed by atoms with van der Waals surface area (Å²) < 4.78 is 5.11. The average molecular weight is 277 g/mol. The third-order valence-electron chi connectivity index (χ3n) is 3.34. The average Bonchev–Trinajstić information content (AvgIpc) is 2.46. The molecule has 1 aromatic heterocycles. The summed E-state index contributed by atoms with van der Waals surface area (Å²) in [5.41, 5.74) is 1.91. The molecule has 0 aliphatic heterocycles. The minimum absolute atomic E-state index is 0.00483. The standard InChI is InChI=1S/C17H11NO3/c1-10-2-4-11(5-3-10)16-13-7-6-12(19)8-15(13)21-17(20)14(16)9-18/h2-8,19H,1H3. The Bertz CT molecular complexity index is 931. The molecule has 0 amide bonds. The lowest BCUT2D eigenvalue weighted by Crippen LogP contribution is -2.06. The second kappa shape index (κ2) is 4.80. The summed E-state index contributed by atoms with van der Waals surface area (Å²) in [6, 6.07) is 14.0. The molecule has 0 spiro atoms. The smallest absolute Gasteiger partial charge is 0.354 e. The number of rotatable bonds is 1. The molecule has 3 aromatic rings. The molecule has 0 aliphatic rings. The summed E-state index contributed by atoms with van der Waals surface area (Å²) in [4.78, 5) is 12.0. The summed E-state index contributed by atoms with van der Waals surface area (Å²) in [7, 11) is 0. The molecule has 0 fully saturated rings. The second-order valence-corrected chi connectivity index (χ2v) is 4.80. The van der Waals surface area contributed by atoms with E-state index in [0.29, 0.717) is 10.9 Å². The van der Waals surface area contributed by atoms with E-state index in [4.69, 9.17) is 4.42 Å². The number of aromatic hydroxyl groups is 1. The van der Waals surface area contributed by atoms with Crippen LogP contribution in [0.15, 0.2) is 51.7 Å². The van der Waals surface area contributed by atoms with E-state index < -0.39 is 5.63 Å². The van der Waals surface area contributed by atoms with Gasteiger partial charge in [0.25, 0.3) is 0 Å². The maximum Gasteiger partial charge on any atom is 0.354 e. The van der Waals surface area contributed by atoms with E-state index in [2.05, 4.69) is 0 Å². The number of fused-ring (bicyclic) bond motifs is 1. The fourth-order valence-corrected chi connectivity index (χ4v) is 2.31. The van der Waals surface area contributed by atoms with E-state index in [9.17, 15) is 15.2 Å². The van der Waals surface area contributed by atoms with Crippen LogP contribution in [0.4, 0.5) is 0 Å². The van der Waals surface area contributed by atoms with E-state index in [1.54, 1.807) is 6.07 Å². The molecule has 102 valence electrons. The van der Waals surface area contributed by atoms with Crippen LogP contribution in [0, 0.1) is 18.3 Å². The number of hydrogen-bond acceptors (Lipinski definition) is 4. The van der Waals surface area contributed by atoms with Crippen LogP contribution in [0.25, 0.3) is 22.1 Å². The molecule has 3 rings (SSSR count). The molecule has 0 bridgehead atoms. The van der Waals surface area contributed by atoms with Crippen molar-refractivity contribution in [3.05, 3.63) is 64.0 Å². The van der Waals surface area contributed by atoms with Crippen molar-refractivity contribution >= 4 is 11.0 Å². The zero-order valence-corrected chi connectivity index (χ0v) is 11.3. The van der Waals surface area contributed by atoms with Crippen LogP contribution in [-0.2, 0) is 0 Å². The van der Waals surface area contributed by atoms with Crippen molar-refractivity contribution in [2.24, 2.45) is 0 Å². The highest BCUT2D eigenvalue weighted by atomic mass is 16.4. The Morgan fingerprint density at radius 3 is 2.52 bits per heavy atom. The monoisotopic (exact) mass is 277 g/mol. The third-order valence-corrected chi connectivity index (χ3v) is 3.34. The lowest BCUT2D eigenvalue weighted by Gasteiger charge is -2.08. The highest BCUT2D eigenvalue weighted by Gasteiger charge is 2.16. The zero-order chi connectivity index (χ0) is 15.0. The van der Waals surface area contributed by atoms with Crippen molar-refractivity contribution < 1.29 is 9.52 Å². The molecule has 0 saturated heterocycles. The number of nitriles is 1. The Labute approximate surface area is 120 Å². The van der Waals surface area contributed by atoms with Crippen LogP contribution in [0.5, 0.6) is 5.75 Å². The predicted octanol–water partition coefficient (Wildman–Crippen LogP) is 3.35. The molecule has 2 aromatic carbocycles. The largest absolute Gasteiger partial charge is 0.508 e. The van der Waals surface area contributed by atoms with Crippen LogP contribution in [0.3, 0.4) is 0 Å². The number of nitrogens with zero attached hydrogens (tertiary/aromatic N) is 1. The lowest BCUT2D eigenvalue weighted by atomic mass is 9.97. The third kappa shape index (κ3) is 2.15. The van der Waals surface area contributed by atoms with Gasteiger partial charge in [-0.25, -0.2) is 4.79 Å². The molecule has 4 heteroatoms. The van der Waals surface area contributed by atoms with Crippen molar-refractivity contribution in [2.75, 3.05) is 0 Å². The molecular formula is C17H11NO3. The fraction of sp³-hybridized carbons (Fsp3) is 0.0588. The quantitative estimate of drug-likeness (QED) is 0.692. The Kier molecular flexibility index (Phi) is 2.96. The van der Waals surface area contributed by atoms with E-state index in [-0.39, 0.29) is 16.9 Å². The van der Waals surface area contributed by atoms with Gasteiger partial charge in [0.05, 0.1) is 0 Å². The highest BCUT2D eigenvalue weighted by molar-refractivity contribution is 5.96. The number of phenols is 1. The van der Waals surface area contributed by atoms with Gasteiger partial charge in [-0.05, 0) is 24.6 Å². The number of hydrogen-bond donors (Lipinski definition) is 1. The first-order valence-corrected chi connectivity index (χ1v) is 6.37. The van der Waals surface area contributed by atoms with Crippen LogP contribution in [-0.4, -0.2) is 5.11 Å². The van der Waals surface area contributed by atoms with Gasteiger partial charge < -0.3 is 9.52 Å². The molecule has 1 N–H and O–H groups in total. The number of benzene rings is 2. The zero-order valence-electron chi connectivity index (χ0n) is 11.3. The van der Waals surface area contributed by atoms with Gasteiger partial charge in [-0.15, -0.1) is 0 Å². The molecule has 0 unspecified atom stereocenters. The van der Waals surface area contributed by atoms with Gasteiger partial charge in [-0.1, -0.05) is 29.8 Å². The first kappa shape index (κ1) is 12.9. The molecule has 0 atom stereocenters. The van der Waals surface area contributed by atoms with E-state index in [0.717, 1.165) is 11.1 Å². The summed E-state index contributed by atoms with van der Waals surface area (Å²) in [5, 5.41) is 19.4. The van der Waals surface area contributed by atoms with Crippen molar-refractivity contribution in [1.29, 1.82) is 5.26 Å². The Morgan fingerprint density at radius 2 is 1.86 bits per heavy atom. The predicted molar refractivity (Wildman–Crippen MR) is 79.0 cm³/mol. The van der Waals surface area contributed by atoms with Gasteiger partial charge in [0.1, 0.15) is 23.0 Å². The van der Waals surface area contributed by atoms with Gasteiger partial charge in [-0.2, -0.15) is 5.26 Å². The maximum atomic E-state index is 12.0. The summed E-state index contributed by atoms with van der Waals surface area (Å²) in [6.07, 6.45) is 0. The molecule has 1 heterocycles. The SMILES string of the molecule is Cc1ccc(-c2c(C#N)c(=O)oc3cc(O)ccc23)cc1. The van der Waals surface area contributed by atoms with Crippen molar-refractivity contribution in [3.8, 4) is 22.9 Å². The Balaban J connectivity index is 2.46. The van der Waals surface area contributed by atoms with Gasteiger partial charge in [0.15, 0.2) is 0 Å². The van der Waals surface area contributed by atoms with Crippen molar-refractivity contribution in [1.82, 2.24) is 0 Å². The van der Waals surface area contributed by atoms with Gasteiger partial charge in [0, 0.05) is 17.0 Å². The molecule has 21 heavy (non-hydrogen) atoms. The van der Waals surface area contributed by atoms with Crippen LogP contribution in [0.1, 0.15) is 11.1 Å². The van der Waals surface area contributed by atoms with E-state index in [1.807, 2.05) is 37.3 Å². The normalized spacial score (nSPS) is 10.5. The molecule has 0 radical (unpaired) electrons. The first-order valence-electron chi connectivity index (χ1n) is 6.37. The molecule has 4 nitrogen and oxygen atoms in total. The molecule has 0 aliphatic carbocycles. The van der Waals surface area contributed by atoms with Crippen molar-refractivity contribution in [3.63, 3.8) is 0 Å². The Morgan fingerprint density at radius 1 is 1.14 bits per heavy atom. The molecular weight excluding hydrogens is 266 g/mol. The topological polar surface area (TPSA) is 74.2 Å².